The molecule has 0 saturated heterocycles. The summed E-state index contributed by atoms with van der Waals surface area (Å²) < 4.78 is 20.0. The van der Waals surface area contributed by atoms with Gasteiger partial charge in [0.05, 0.1) is 36.9 Å². The SMILES string of the molecule is C=COCCCOC(=O)c1ccc(C(=O)OCCOC=C)c(C)c1. The van der Waals surface area contributed by atoms with Crippen LogP contribution in [0.4, 0.5) is 0 Å². The lowest BCUT2D eigenvalue weighted by molar-refractivity contribution is 0.0417. The molecule has 1 rings (SSSR count). The van der Waals surface area contributed by atoms with Crippen LogP contribution >= 0.6 is 0 Å². The number of ether oxygens (including phenoxy) is 4. The molecule has 0 heterocycles. The van der Waals surface area contributed by atoms with Gasteiger partial charge >= 0.3 is 11.9 Å². The lowest BCUT2D eigenvalue weighted by atomic mass is 10.1. The summed E-state index contributed by atoms with van der Waals surface area (Å²) in [7, 11) is 0. The molecule has 0 fully saturated rings. The Bertz CT molecular complexity index is 579. The van der Waals surface area contributed by atoms with Gasteiger partial charge in [-0.05, 0) is 30.7 Å². The Balaban J connectivity index is 2.53. The molecule has 0 atom stereocenters. The van der Waals surface area contributed by atoms with Crippen LogP contribution in [0, 0.1) is 6.92 Å². The molecule has 1 aromatic carbocycles. The van der Waals surface area contributed by atoms with Gasteiger partial charge in [-0.3, -0.25) is 0 Å². The van der Waals surface area contributed by atoms with Crippen molar-refractivity contribution >= 4 is 11.9 Å². The topological polar surface area (TPSA) is 71.1 Å². The number of hydrogen-bond acceptors (Lipinski definition) is 6. The zero-order valence-electron chi connectivity index (χ0n) is 13.8. The van der Waals surface area contributed by atoms with Crippen molar-refractivity contribution < 1.29 is 28.5 Å². The number of benzene rings is 1. The van der Waals surface area contributed by atoms with Gasteiger partial charge in [0.2, 0.25) is 0 Å². The third kappa shape index (κ3) is 6.56. The number of rotatable bonds is 11. The molecular formula is C18H22O6. The molecular weight excluding hydrogens is 312 g/mol. The molecule has 6 nitrogen and oxygen atoms in total. The molecule has 0 aliphatic rings. The Hall–Kier alpha value is -2.76. The van der Waals surface area contributed by atoms with Crippen LogP contribution < -0.4 is 0 Å². The quantitative estimate of drug-likeness (QED) is 0.352. The normalized spacial score (nSPS) is 9.71. The zero-order valence-corrected chi connectivity index (χ0v) is 13.8. The van der Waals surface area contributed by atoms with Crippen LogP contribution in [0.1, 0.15) is 32.7 Å². The monoisotopic (exact) mass is 334 g/mol. The minimum atomic E-state index is -0.471. The molecule has 24 heavy (non-hydrogen) atoms. The van der Waals surface area contributed by atoms with Gasteiger partial charge in [-0.15, -0.1) is 0 Å². The molecule has 0 bridgehead atoms. The van der Waals surface area contributed by atoms with Gasteiger partial charge in [0.25, 0.3) is 0 Å². The maximum atomic E-state index is 11.9. The van der Waals surface area contributed by atoms with E-state index < -0.39 is 11.9 Å². The fraction of sp³-hybridized carbons (Fsp3) is 0.333. The van der Waals surface area contributed by atoms with E-state index in [-0.39, 0.29) is 19.8 Å². The number of carbonyl (C=O) groups is 2. The molecule has 6 heteroatoms. The summed E-state index contributed by atoms with van der Waals surface area (Å²) in [6.45, 7) is 9.60. The Morgan fingerprint density at radius 3 is 2.29 bits per heavy atom. The fourth-order valence-electron chi connectivity index (χ4n) is 1.84. The number of esters is 2. The molecule has 0 spiro atoms. The van der Waals surface area contributed by atoms with Crippen molar-refractivity contribution in [1.82, 2.24) is 0 Å². The molecule has 0 N–H and O–H groups in total. The average Bonchev–Trinajstić information content (AvgIpc) is 2.58. The van der Waals surface area contributed by atoms with Crippen molar-refractivity contribution in [2.24, 2.45) is 0 Å². The Morgan fingerprint density at radius 1 is 0.958 bits per heavy atom. The highest BCUT2D eigenvalue weighted by Crippen LogP contribution is 2.13. The molecule has 0 aliphatic carbocycles. The summed E-state index contributed by atoms with van der Waals surface area (Å²) >= 11 is 0. The largest absolute Gasteiger partial charge is 0.502 e. The van der Waals surface area contributed by atoms with Crippen molar-refractivity contribution in [1.29, 1.82) is 0 Å². The van der Waals surface area contributed by atoms with E-state index >= 15 is 0 Å². The Kier molecular flexibility index (Phi) is 8.74. The number of aryl methyl sites for hydroxylation is 1. The van der Waals surface area contributed by atoms with Crippen molar-refractivity contribution in [3.63, 3.8) is 0 Å². The average molecular weight is 334 g/mol. The molecule has 0 aliphatic heterocycles. The molecule has 130 valence electrons. The lowest BCUT2D eigenvalue weighted by Gasteiger charge is -2.09. The first-order chi connectivity index (χ1) is 11.6. The van der Waals surface area contributed by atoms with E-state index in [0.29, 0.717) is 29.7 Å². The molecule has 1 aromatic rings. The first-order valence-electron chi connectivity index (χ1n) is 7.50. The molecule has 0 unspecified atom stereocenters. The summed E-state index contributed by atoms with van der Waals surface area (Å²) in [4.78, 5) is 23.9. The fourth-order valence-corrected chi connectivity index (χ4v) is 1.84. The third-order valence-corrected chi connectivity index (χ3v) is 2.99. The first kappa shape index (κ1) is 19.3. The smallest absolute Gasteiger partial charge is 0.338 e. The summed E-state index contributed by atoms with van der Waals surface area (Å²) in [6.07, 6.45) is 3.20. The van der Waals surface area contributed by atoms with E-state index in [1.54, 1.807) is 19.1 Å². The van der Waals surface area contributed by atoms with E-state index in [1.165, 1.54) is 18.6 Å². The zero-order chi connectivity index (χ0) is 17.8. The van der Waals surface area contributed by atoms with E-state index in [4.69, 9.17) is 18.9 Å². The van der Waals surface area contributed by atoms with Gasteiger partial charge in [0.15, 0.2) is 0 Å². The van der Waals surface area contributed by atoms with Gasteiger partial charge in [0, 0.05) is 6.42 Å². The second-order valence-corrected chi connectivity index (χ2v) is 4.73. The highest BCUT2D eigenvalue weighted by Gasteiger charge is 2.14. The van der Waals surface area contributed by atoms with Crippen LogP contribution in [-0.2, 0) is 18.9 Å². The maximum absolute atomic E-state index is 11.9. The van der Waals surface area contributed by atoms with Crippen molar-refractivity contribution in [3.05, 3.63) is 60.6 Å². The van der Waals surface area contributed by atoms with Gasteiger partial charge in [0.1, 0.15) is 13.2 Å². The van der Waals surface area contributed by atoms with E-state index in [2.05, 4.69) is 13.2 Å². The van der Waals surface area contributed by atoms with Gasteiger partial charge in [-0.25, -0.2) is 9.59 Å². The van der Waals surface area contributed by atoms with Crippen LogP contribution in [0.15, 0.2) is 43.9 Å². The predicted octanol–water partition coefficient (Wildman–Crippen LogP) is 3.02. The van der Waals surface area contributed by atoms with Gasteiger partial charge in [-0.2, -0.15) is 0 Å². The summed E-state index contributed by atoms with van der Waals surface area (Å²) in [5.74, 6) is -0.919. The Morgan fingerprint density at radius 2 is 1.62 bits per heavy atom. The molecule has 0 saturated carbocycles. The second kappa shape index (κ2) is 10.9. The van der Waals surface area contributed by atoms with E-state index in [9.17, 15) is 9.59 Å². The van der Waals surface area contributed by atoms with Gasteiger partial charge < -0.3 is 18.9 Å². The van der Waals surface area contributed by atoms with Gasteiger partial charge in [-0.1, -0.05) is 13.2 Å². The maximum Gasteiger partial charge on any atom is 0.338 e. The predicted molar refractivity (Wildman–Crippen MR) is 88.7 cm³/mol. The molecule has 0 radical (unpaired) electrons. The van der Waals surface area contributed by atoms with Crippen molar-refractivity contribution in [3.8, 4) is 0 Å². The van der Waals surface area contributed by atoms with Crippen LogP contribution in [0.25, 0.3) is 0 Å². The van der Waals surface area contributed by atoms with Crippen molar-refractivity contribution in [2.75, 3.05) is 26.4 Å². The van der Waals surface area contributed by atoms with Crippen LogP contribution in [0.3, 0.4) is 0 Å². The Labute approximate surface area is 141 Å². The lowest BCUT2D eigenvalue weighted by Crippen LogP contribution is -2.12. The third-order valence-electron chi connectivity index (χ3n) is 2.99. The summed E-state index contributed by atoms with van der Waals surface area (Å²) in [5, 5.41) is 0. The van der Waals surface area contributed by atoms with Crippen LogP contribution in [0.5, 0.6) is 0 Å². The number of carbonyl (C=O) groups excluding carboxylic acids is 2. The second-order valence-electron chi connectivity index (χ2n) is 4.73. The molecule has 0 amide bonds. The standard InChI is InChI=1S/C18H22O6/c1-4-21-9-6-10-23-17(19)15-7-8-16(14(3)13-15)18(20)24-12-11-22-5-2/h4-5,7-8,13H,1-2,6,9-12H2,3H3. The number of hydrogen-bond donors (Lipinski definition) is 0. The van der Waals surface area contributed by atoms with E-state index in [0.717, 1.165) is 0 Å². The van der Waals surface area contributed by atoms with Crippen LogP contribution in [-0.4, -0.2) is 38.4 Å². The highest BCUT2D eigenvalue weighted by molar-refractivity contribution is 5.94. The highest BCUT2D eigenvalue weighted by atomic mass is 16.6. The minimum absolute atomic E-state index is 0.126. The summed E-state index contributed by atoms with van der Waals surface area (Å²) in [5.41, 5.74) is 1.40. The summed E-state index contributed by atoms with van der Waals surface area (Å²) in [6, 6.07) is 4.68. The minimum Gasteiger partial charge on any atom is -0.502 e. The van der Waals surface area contributed by atoms with E-state index in [1.807, 2.05) is 0 Å². The van der Waals surface area contributed by atoms with Crippen molar-refractivity contribution in [2.45, 2.75) is 13.3 Å². The molecule has 0 aromatic heterocycles. The van der Waals surface area contributed by atoms with Crippen LogP contribution in [0.2, 0.25) is 0 Å². The first-order valence-corrected chi connectivity index (χ1v) is 7.50.